The predicted molar refractivity (Wildman–Crippen MR) is 141 cm³/mol. The monoisotopic (exact) mass is 542 g/mol. The Kier molecular flexibility index (Phi) is 8.27. The van der Waals surface area contributed by atoms with Crippen molar-refractivity contribution >= 4 is 16.9 Å². The van der Waals surface area contributed by atoms with Crippen LogP contribution in [-0.4, -0.2) is 37.6 Å². The highest BCUT2D eigenvalue weighted by molar-refractivity contribution is 5.75. The summed E-state index contributed by atoms with van der Waals surface area (Å²) in [7, 11) is 0. The maximum absolute atomic E-state index is 14.5. The summed E-state index contributed by atoms with van der Waals surface area (Å²) in [4.78, 5) is 31.8. The van der Waals surface area contributed by atoms with Crippen LogP contribution in [0.3, 0.4) is 0 Å². The normalized spacial score (nSPS) is 14.3. The number of halogens is 4. The zero-order valence-electron chi connectivity index (χ0n) is 22.3. The summed E-state index contributed by atoms with van der Waals surface area (Å²) in [5.41, 5.74) is 1.23. The SMILES string of the molecule is CC.Cc1cccc(F)c1N1CCC(c2c(C)c3nccnc3n(Cc3nccnc3C(F)(F)F)c2=O)CC1. The minimum Gasteiger partial charge on any atom is -0.369 e. The average molecular weight is 543 g/mol. The highest BCUT2D eigenvalue weighted by atomic mass is 19.4. The van der Waals surface area contributed by atoms with Crippen LogP contribution in [-0.2, 0) is 12.7 Å². The molecule has 5 rings (SSSR count). The Hall–Kier alpha value is -3.89. The summed E-state index contributed by atoms with van der Waals surface area (Å²) in [6.45, 7) is 8.27. The van der Waals surface area contributed by atoms with Gasteiger partial charge in [-0.05, 0) is 49.8 Å². The molecule has 0 aliphatic carbocycles. The van der Waals surface area contributed by atoms with Crippen molar-refractivity contribution in [1.82, 2.24) is 24.5 Å². The van der Waals surface area contributed by atoms with Gasteiger partial charge in [-0.3, -0.25) is 19.3 Å². The summed E-state index contributed by atoms with van der Waals surface area (Å²) in [5.74, 6) is -0.458. The number of hydrogen-bond donors (Lipinski definition) is 0. The molecule has 0 unspecified atom stereocenters. The second-order valence-corrected chi connectivity index (χ2v) is 9.17. The van der Waals surface area contributed by atoms with Gasteiger partial charge >= 0.3 is 6.18 Å². The van der Waals surface area contributed by atoms with Gasteiger partial charge in [-0.2, -0.15) is 13.2 Å². The van der Waals surface area contributed by atoms with Gasteiger partial charge in [-0.25, -0.2) is 14.4 Å². The maximum Gasteiger partial charge on any atom is 0.435 e. The van der Waals surface area contributed by atoms with Crippen LogP contribution in [0.25, 0.3) is 11.2 Å². The van der Waals surface area contributed by atoms with E-state index >= 15 is 0 Å². The van der Waals surface area contributed by atoms with E-state index in [1.807, 2.05) is 31.7 Å². The van der Waals surface area contributed by atoms with Crippen molar-refractivity contribution in [2.45, 2.75) is 59.2 Å². The lowest BCUT2D eigenvalue weighted by atomic mass is 9.87. The summed E-state index contributed by atoms with van der Waals surface area (Å²) in [5, 5.41) is 0. The summed E-state index contributed by atoms with van der Waals surface area (Å²) < 4.78 is 56.5. The van der Waals surface area contributed by atoms with E-state index in [0.29, 0.717) is 48.3 Å². The molecule has 0 bridgehead atoms. The van der Waals surface area contributed by atoms with Gasteiger partial charge in [-0.1, -0.05) is 26.0 Å². The van der Waals surface area contributed by atoms with Crippen LogP contribution in [0.1, 0.15) is 60.7 Å². The number of para-hydroxylation sites is 1. The highest BCUT2D eigenvalue weighted by Crippen LogP contribution is 2.35. The predicted octanol–water partition coefficient (Wildman–Crippen LogP) is 5.81. The van der Waals surface area contributed by atoms with Gasteiger partial charge in [-0.15, -0.1) is 0 Å². The van der Waals surface area contributed by atoms with Crippen molar-refractivity contribution in [2.75, 3.05) is 18.0 Å². The highest BCUT2D eigenvalue weighted by Gasteiger charge is 2.36. The van der Waals surface area contributed by atoms with E-state index in [-0.39, 0.29) is 23.1 Å². The molecule has 0 spiro atoms. The third-order valence-corrected chi connectivity index (χ3v) is 6.93. The Morgan fingerprint density at radius 3 is 2.26 bits per heavy atom. The second kappa shape index (κ2) is 11.5. The molecule has 4 heterocycles. The van der Waals surface area contributed by atoms with Gasteiger partial charge in [0.25, 0.3) is 5.56 Å². The van der Waals surface area contributed by atoms with Gasteiger partial charge in [0.05, 0.1) is 17.9 Å². The molecular formula is C28H30F4N6O. The quantitative estimate of drug-likeness (QED) is 0.303. The van der Waals surface area contributed by atoms with Gasteiger partial charge < -0.3 is 4.90 Å². The van der Waals surface area contributed by atoms with Crippen molar-refractivity contribution in [3.05, 3.63) is 87.2 Å². The molecule has 3 aromatic heterocycles. The lowest BCUT2D eigenvalue weighted by Gasteiger charge is -2.35. The molecule has 0 amide bonds. The minimum atomic E-state index is -4.72. The first-order valence-electron chi connectivity index (χ1n) is 12.9. The molecule has 0 atom stereocenters. The Morgan fingerprint density at radius 2 is 1.59 bits per heavy atom. The molecule has 1 aliphatic heterocycles. The largest absolute Gasteiger partial charge is 0.435 e. The van der Waals surface area contributed by atoms with Crippen LogP contribution in [0.5, 0.6) is 0 Å². The van der Waals surface area contributed by atoms with E-state index in [1.165, 1.54) is 29.2 Å². The van der Waals surface area contributed by atoms with Gasteiger partial charge in [0.2, 0.25) is 0 Å². The number of anilines is 1. The van der Waals surface area contributed by atoms with Gasteiger partial charge in [0, 0.05) is 43.4 Å². The van der Waals surface area contributed by atoms with E-state index < -0.39 is 24.0 Å². The fraction of sp³-hybridized carbons (Fsp3) is 0.393. The van der Waals surface area contributed by atoms with Gasteiger partial charge in [0.15, 0.2) is 11.3 Å². The van der Waals surface area contributed by atoms with E-state index in [1.54, 1.807) is 13.0 Å². The zero-order valence-corrected chi connectivity index (χ0v) is 22.3. The molecule has 1 fully saturated rings. The Labute approximate surface area is 223 Å². The fourth-order valence-corrected chi connectivity index (χ4v) is 5.23. The Balaban J connectivity index is 0.00000172. The van der Waals surface area contributed by atoms with Crippen LogP contribution in [0, 0.1) is 19.7 Å². The number of fused-ring (bicyclic) bond motifs is 1. The molecule has 11 heteroatoms. The third kappa shape index (κ3) is 5.48. The Morgan fingerprint density at radius 1 is 0.949 bits per heavy atom. The minimum absolute atomic E-state index is 0.169. The van der Waals surface area contributed by atoms with Crippen LogP contribution in [0.15, 0.2) is 47.8 Å². The van der Waals surface area contributed by atoms with Crippen molar-refractivity contribution in [3.63, 3.8) is 0 Å². The molecule has 1 saturated heterocycles. The summed E-state index contributed by atoms with van der Waals surface area (Å²) >= 11 is 0. The second-order valence-electron chi connectivity index (χ2n) is 9.17. The molecule has 0 saturated carbocycles. The molecule has 4 aromatic rings. The Bertz CT molecular complexity index is 1510. The number of aromatic nitrogens is 5. The van der Waals surface area contributed by atoms with E-state index in [9.17, 15) is 22.4 Å². The van der Waals surface area contributed by atoms with Crippen molar-refractivity contribution in [1.29, 1.82) is 0 Å². The topological polar surface area (TPSA) is 76.8 Å². The smallest absolute Gasteiger partial charge is 0.369 e. The molecule has 0 N–H and O–H groups in total. The molecule has 0 radical (unpaired) electrons. The maximum atomic E-state index is 14.5. The van der Waals surface area contributed by atoms with Crippen LogP contribution in [0.4, 0.5) is 23.2 Å². The van der Waals surface area contributed by atoms with Crippen molar-refractivity contribution < 1.29 is 17.6 Å². The van der Waals surface area contributed by atoms with Crippen molar-refractivity contribution in [2.24, 2.45) is 0 Å². The number of alkyl halides is 3. The third-order valence-electron chi connectivity index (χ3n) is 6.93. The molecule has 7 nitrogen and oxygen atoms in total. The standard InChI is InChI=1S/C26H24F4N6O.C2H6/c1-15-4-3-5-18(27)22(15)35-12-6-17(7-13-35)20-16(2)21-24(34-11-9-32-21)36(25(20)37)14-19-23(26(28,29)30)33-10-8-31-19;1-2/h3-5,8-11,17H,6-7,12-14H2,1-2H3;1-2H3. The molecule has 1 aromatic carbocycles. The summed E-state index contributed by atoms with van der Waals surface area (Å²) in [6.07, 6.45) is 1.45. The average Bonchev–Trinajstić information content (AvgIpc) is 2.93. The van der Waals surface area contributed by atoms with Gasteiger partial charge in [0.1, 0.15) is 11.3 Å². The summed E-state index contributed by atoms with van der Waals surface area (Å²) in [6, 6.07) is 4.96. The zero-order chi connectivity index (χ0) is 28.3. The number of nitrogens with zero attached hydrogens (tertiary/aromatic N) is 6. The van der Waals surface area contributed by atoms with E-state index in [2.05, 4.69) is 19.9 Å². The number of pyridine rings is 1. The first kappa shape index (κ1) is 28.1. The molecule has 1 aliphatic rings. The molecular weight excluding hydrogens is 512 g/mol. The lowest BCUT2D eigenvalue weighted by Crippen LogP contribution is -2.37. The van der Waals surface area contributed by atoms with Crippen LogP contribution >= 0.6 is 0 Å². The van der Waals surface area contributed by atoms with E-state index in [0.717, 1.165) is 11.8 Å². The molecule has 39 heavy (non-hydrogen) atoms. The fourth-order valence-electron chi connectivity index (χ4n) is 5.23. The number of piperidine rings is 1. The first-order valence-corrected chi connectivity index (χ1v) is 12.9. The lowest BCUT2D eigenvalue weighted by molar-refractivity contribution is -0.142. The van der Waals surface area contributed by atoms with Crippen LogP contribution < -0.4 is 10.5 Å². The first-order chi connectivity index (χ1) is 18.7. The number of aryl methyl sites for hydroxylation is 2. The number of rotatable bonds is 4. The van der Waals surface area contributed by atoms with Crippen LogP contribution in [0.2, 0.25) is 0 Å². The number of benzene rings is 1. The van der Waals surface area contributed by atoms with Crippen molar-refractivity contribution in [3.8, 4) is 0 Å². The van der Waals surface area contributed by atoms with E-state index in [4.69, 9.17) is 0 Å². The molecule has 206 valence electrons. The number of hydrogen-bond acceptors (Lipinski definition) is 6.